The fraction of sp³-hybridized carbons (Fsp3) is 0.312. The molecule has 2 aromatic rings. The fourth-order valence-corrected chi connectivity index (χ4v) is 4.19. The Morgan fingerprint density at radius 1 is 1.42 bits per heavy atom. The second-order valence-electron chi connectivity index (χ2n) is 5.32. The maximum atomic E-state index is 13.3. The van der Waals surface area contributed by atoms with Gasteiger partial charge >= 0.3 is 0 Å². The zero-order valence-corrected chi connectivity index (χ0v) is 14.4. The smallest absolute Gasteiger partial charge is 0.255 e. The first kappa shape index (κ1) is 16.9. The van der Waals surface area contributed by atoms with Crippen LogP contribution in [0, 0.1) is 5.82 Å². The molecule has 1 fully saturated rings. The van der Waals surface area contributed by atoms with Crippen molar-refractivity contribution in [3.8, 4) is 0 Å². The van der Waals surface area contributed by atoms with Gasteiger partial charge in [0.1, 0.15) is 11.9 Å². The molecule has 0 spiro atoms. The Morgan fingerprint density at radius 2 is 2.29 bits per heavy atom. The average Bonchev–Trinajstić information content (AvgIpc) is 3.25. The molecule has 1 atom stereocenters. The van der Waals surface area contributed by atoms with Gasteiger partial charge < -0.3 is 10.2 Å². The van der Waals surface area contributed by atoms with Gasteiger partial charge in [0.25, 0.3) is 5.91 Å². The highest BCUT2D eigenvalue weighted by Gasteiger charge is 2.35. The second-order valence-corrected chi connectivity index (χ2v) is 7.04. The van der Waals surface area contributed by atoms with E-state index in [0.29, 0.717) is 24.6 Å². The molecule has 1 aliphatic heterocycles. The van der Waals surface area contributed by atoms with Crippen LogP contribution in [0.4, 0.5) is 4.39 Å². The number of hydrogen-bond acceptors (Lipinski definition) is 5. The van der Waals surface area contributed by atoms with Crippen molar-refractivity contribution in [1.82, 2.24) is 15.2 Å². The molecule has 5 nitrogen and oxygen atoms in total. The summed E-state index contributed by atoms with van der Waals surface area (Å²) in [5.41, 5.74) is 2.95. The molecule has 0 saturated carbocycles. The summed E-state index contributed by atoms with van der Waals surface area (Å²) in [7, 11) is 0. The first-order chi connectivity index (χ1) is 11.6. The summed E-state index contributed by atoms with van der Waals surface area (Å²) in [5, 5.41) is 4.80. The summed E-state index contributed by atoms with van der Waals surface area (Å²) in [6.07, 6.45) is 0.660. The van der Waals surface area contributed by atoms with Gasteiger partial charge in [-0.3, -0.25) is 9.59 Å². The van der Waals surface area contributed by atoms with E-state index in [1.165, 1.54) is 46.2 Å². The van der Waals surface area contributed by atoms with Crippen molar-refractivity contribution in [2.24, 2.45) is 0 Å². The molecule has 1 unspecified atom stereocenters. The number of nitrogens with one attached hydrogen (secondary N) is 1. The summed E-state index contributed by atoms with van der Waals surface area (Å²) in [6.45, 7) is 0.478. The molecular formula is C16H16FN3O2S2. The topological polar surface area (TPSA) is 62.3 Å². The number of halogens is 1. The minimum Gasteiger partial charge on any atom is -0.354 e. The SMILES string of the molecule is O=C(NCCc1cscn1)C1CSCN1C(=O)c1cccc(F)c1. The molecule has 24 heavy (non-hydrogen) atoms. The Labute approximate surface area is 147 Å². The number of benzene rings is 1. The Morgan fingerprint density at radius 3 is 3.04 bits per heavy atom. The van der Waals surface area contributed by atoms with Crippen LogP contribution in [0.5, 0.6) is 0 Å². The van der Waals surface area contributed by atoms with Gasteiger partial charge in [-0.1, -0.05) is 6.07 Å². The molecule has 8 heteroatoms. The van der Waals surface area contributed by atoms with E-state index in [0.717, 1.165) is 5.69 Å². The predicted octanol–water partition coefficient (Wildman–Crippen LogP) is 2.16. The summed E-state index contributed by atoms with van der Waals surface area (Å²) < 4.78 is 13.3. The molecule has 0 aliphatic carbocycles. The lowest BCUT2D eigenvalue weighted by molar-refractivity contribution is -0.124. The lowest BCUT2D eigenvalue weighted by Crippen LogP contribution is -2.47. The van der Waals surface area contributed by atoms with Gasteiger partial charge in [0.2, 0.25) is 5.91 Å². The summed E-state index contributed by atoms with van der Waals surface area (Å²) in [4.78, 5) is 30.6. The molecule has 1 aromatic heterocycles. The van der Waals surface area contributed by atoms with Gasteiger partial charge in [-0.25, -0.2) is 9.37 Å². The molecule has 1 N–H and O–H groups in total. The van der Waals surface area contributed by atoms with Crippen LogP contribution in [0.3, 0.4) is 0 Å². The highest BCUT2D eigenvalue weighted by atomic mass is 32.2. The Bertz CT molecular complexity index is 724. The number of rotatable bonds is 5. The van der Waals surface area contributed by atoms with Crippen LogP contribution in [0.15, 0.2) is 35.2 Å². The van der Waals surface area contributed by atoms with Crippen LogP contribution in [0.1, 0.15) is 16.1 Å². The standard InChI is InChI=1S/C16H16FN3O2S2/c17-12-3-1-2-11(6-12)16(22)20-10-24-8-14(20)15(21)18-5-4-13-7-23-9-19-13/h1-3,6-7,9,14H,4-5,8,10H2,(H,18,21). The third kappa shape index (κ3) is 3.93. The van der Waals surface area contributed by atoms with Gasteiger partial charge in [0, 0.05) is 29.7 Å². The van der Waals surface area contributed by atoms with E-state index in [-0.39, 0.29) is 17.4 Å². The van der Waals surface area contributed by atoms with Crippen LogP contribution in [0.2, 0.25) is 0 Å². The Kier molecular flexibility index (Phi) is 5.47. The molecule has 126 valence electrons. The molecule has 1 saturated heterocycles. The van der Waals surface area contributed by atoms with E-state index in [1.807, 2.05) is 5.38 Å². The fourth-order valence-electron chi connectivity index (χ4n) is 2.44. The first-order valence-electron chi connectivity index (χ1n) is 7.44. The summed E-state index contributed by atoms with van der Waals surface area (Å²) in [6, 6.07) is 5.02. The number of thioether (sulfide) groups is 1. The molecule has 0 bridgehead atoms. The summed E-state index contributed by atoms with van der Waals surface area (Å²) in [5.74, 6) is 0.0134. The molecule has 2 heterocycles. The van der Waals surface area contributed by atoms with E-state index >= 15 is 0 Å². The van der Waals surface area contributed by atoms with Gasteiger partial charge in [-0.2, -0.15) is 0 Å². The van der Waals surface area contributed by atoms with Gasteiger partial charge in [-0.05, 0) is 18.2 Å². The van der Waals surface area contributed by atoms with E-state index in [4.69, 9.17) is 0 Å². The normalized spacial score (nSPS) is 17.0. The third-order valence-corrected chi connectivity index (χ3v) is 5.33. The zero-order chi connectivity index (χ0) is 16.9. The number of hydrogen-bond donors (Lipinski definition) is 1. The second kappa shape index (κ2) is 7.76. The molecule has 0 radical (unpaired) electrons. The van der Waals surface area contributed by atoms with Crippen LogP contribution in [-0.2, 0) is 11.2 Å². The van der Waals surface area contributed by atoms with Crippen LogP contribution >= 0.6 is 23.1 Å². The maximum Gasteiger partial charge on any atom is 0.255 e. The first-order valence-corrected chi connectivity index (χ1v) is 9.54. The number of aromatic nitrogens is 1. The van der Waals surface area contributed by atoms with Crippen molar-refractivity contribution in [2.75, 3.05) is 18.2 Å². The number of carbonyl (C=O) groups is 2. The highest BCUT2D eigenvalue weighted by molar-refractivity contribution is 7.99. The largest absolute Gasteiger partial charge is 0.354 e. The minimum atomic E-state index is -0.527. The monoisotopic (exact) mass is 365 g/mol. The number of thiazole rings is 1. The minimum absolute atomic E-state index is 0.181. The molecular weight excluding hydrogens is 349 g/mol. The van der Waals surface area contributed by atoms with Crippen molar-refractivity contribution < 1.29 is 14.0 Å². The molecule has 1 aliphatic rings. The van der Waals surface area contributed by atoms with Crippen LogP contribution < -0.4 is 5.32 Å². The van der Waals surface area contributed by atoms with Crippen molar-refractivity contribution >= 4 is 34.9 Å². The Balaban J connectivity index is 1.60. The summed E-state index contributed by atoms with van der Waals surface area (Å²) >= 11 is 3.03. The number of amides is 2. The van der Waals surface area contributed by atoms with Gasteiger partial charge in [-0.15, -0.1) is 23.1 Å². The lowest BCUT2D eigenvalue weighted by Gasteiger charge is -2.23. The Hall–Kier alpha value is -1.93. The van der Waals surface area contributed by atoms with E-state index in [1.54, 1.807) is 11.6 Å². The van der Waals surface area contributed by atoms with E-state index in [2.05, 4.69) is 10.3 Å². The van der Waals surface area contributed by atoms with Gasteiger partial charge in [0.05, 0.1) is 17.1 Å². The van der Waals surface area contributed by atoms with Crippen molar-refractivity contribution in [3.63, 3.8) is 0 Å². The molecule has 1 aromatic carbocycles. The zero-order valence-electron chi connectivity index (χ0n) is 12.8. The van der Waals surface area contributed by atoms with E-state index in [9.17, 15) is 14.0 Å². The predicted molar refractivity (Wildman–Crippen MR) is 92.5 cm³/mol. The average molecular weight is 365 g/mol. The van der Waals surface area contributed by atoms with Gasteiger partial charge in [0.15, 0.2) is 0 Å². The number of carbonyl (C=O) groups excluding carboxylic acids is 2. The van der Waals surface area contributed by atoms with Crippen LogP contribution in [0.25, 0.3) is 0 Å². The lowest BCUT2D eigenvalue weighted by atomic mass is 10.1. The van der Waals surface area contributed by atoms with E-state index < -0.39 is 11.9 Å². The molecule has 2 amide bonds. The number of nitrogens with zero attached hydrogens (tertiary/aromatic N) is 2. The van der Waals surface area contributed by atoms with Crippen molar-refractivity contribution in [1.29, 1.82) is 0 Å². The quantitative estimate of drug-likeness (QED) is 0.882. The molecule has 3 rings (SSSR count). The highest BCUT2D eigenvalue weighted by Crippen LogP contribution is 2.23. The maximum absolute atomic E-state index is 13.3. The third-order valence-electron chi connectivity index (χ3n) is 3.68. The van der Waals surface area contributed by atoms with Crippen molar-refractivity contribution in [3.05, 3.63) is 52.2 Å². The van der Waals surface area contributed by atoms with Crippen LogP contribution in [-0.4, -0.2) is 45.9 Å². The van der Waals surface area contributed by atoms with Crippen molar-refractivity contribution in [2.45, 2.75) is 12.5 Å².